The summed E-state index contributed by atoms with van der Waals surface area (Å²) in [6, 6.07) is 43.4. The fraction of sp³-hybridized carbons (Fsp3) is 0.351. The summed E-state index contributed by atoms with van der Waals surface area (Å²) in [5.74, 6) is 0.0401. The van der Waals surface area contributed by atoms with E-state index in [1.807, 2.05) is 38.1 Å². The van der Waals surface area contributed by atoms with Crippen LogP contribution < -0.4 is 9.47 Å². The van der Waals surface area contributed by atoms with E-state index >= 15 is 8.78 Å². The molecule has 6 nitrogen and oxygen atoms in total. The van der Waals surface area contributed by atoms with Gasteiger partial charge in [0.05, 0.1) is 0 Å². The van der Waals surface area contributed by atoms with Crippen LogP contribution in [0, 0.1) is 25.5 Å². The van der Waals surface area contributed by atoms with Crippen LogP contribution in [0.1, 0.15) is 144 Å². The van der Waals surface area contributed by atoms with Gasteiger partial charge in [0.25, 0.3) is 0 Å². The molecular weight excluding hydrogens is 1090 g/mol. The Morgan fingerprint density at radius 2 is 0.687 bits per heavy atom. The third-order valence-corrected chi connectivity index (χ3v) is 30.2. The number of fused-ring (bicyclic) bond motifs is 6. The van der Waals surface area contributed by atoms with E-state index in [2.05, 4.69) is 193 Å². The fourth-order valence-electron chi connectivity index (χ4n) is 12.2. The van der Waals surface area contributed by atoms with E-state index < -0.39 is 24.9 Å². The molecule has 0 spiro atoms. The molecule has 0 atom stereocenters. The first kappa shape index (κ1) is 59.1. The van der Waals surface area contributed by atoms with Gasteiger partial charge in [-0.1, -0.05) is 83.1 Å². The van der Waals surface area contributed by atoms with Crippen LogP contribution in [0.5, 0.6) is 23.0 Å². The SMILES string of the molecule is Cc1cc(-c2cc(F)ccc2O[CH2][Ge]([CH2]Oc2ccc(F)cc2-c2cc(C)cc(-n3c4ccc(C(C)(C)C)cc4c4cc(C(C)(C)C)ccc43)c2O)([CH](C)C)[CH](C)C)c(O)c(-n2c3ccc(C(C)(C)C)cc3c3cc(C(C)(C)C)ccc32)c1. The van der Waals surface area contributed by atoms with E-state index in [1.165, 1.54) is 46.5 Å². The van der Waals surface area contributed by atoms with E-state index in [0.29, 0.717) is 56.0 Å². The van der Waals surface area contributed by atoms with Crippen molar-refractivity contribution in [1.29, 1.82) is 0 Å². The van der Waals surface area contributed by atoms with Gasteiger partial charge in [-0.25, -0.2) is 0 Å². The molecule has 2 heterocycles. The Labute approximate surface area is 493 Å². The van der Waals surface area contributed by atoms with E-state index in [9.17, 15) is 10.2 Å². The minimum atomic E-state index is -3.43. The molecule has 0 aliphatic heterocycles. The Bertz CT molecular complexity index is 3760. The second-order valence-corrected chi connectivity index (χ2v) is 39.6. The van der Waals surface area contributed by atoms with Crippen molar-refractivity contribution in [3.63, 3.8) is 0 Å². The molecule has 0 aliphatic rings. The van der Waals surface area contributed by atoms with E-state index in [-0.39, 0.29) is 42.7 Å². The number of halogens is 2. The molecule has 0 fully saturated rings. The molecule has 0 unspecified atom stereocenters. The van der Waals surface area contributed by atoms with Crippen LogP contribution in [0.4, 0.5) is 8.78 Å². The van der Waals surface area contributed by atoms with Gasteiger partial charge in [0.15, 0.2) is 0 Å². The molecule has 2 aromatic heterocycles. The Kier molecular flexibility index (Phi) is 15.1. The topological polar surface area (TPSA) is 68.8 Å². The third kappa shape index (κ3) is 10.9. The molecule has 0 amide bonds. The zero-order chi connectivity index (χ0) is 60.2. The van der Waals surface area contributed by atoms with Gasteiger partial charge in [-0.2, -0.15) is 0 Å². The molecule has 0 aliphatic carbocycles. The number of hydrogen-bond acceptors (Lipinski definition) is 4. The summed E-state index contributed by atoms with van der Waals surface area (Å²) in [4.78, 5) is 0. The summed E-state index contributed by atoms with van der Waals surface area (Å²) in [6.07, 6.45) is 0. The molecule has 9 heteroatoms. The molecule has 0 saturated heterocycles. The number of aromatic hydroxyl groups is 2. The zero-order valence-electron chi connectivity index (χ0n) is 52.1. The molecule has 10 rings (SSSR count). The van der Waals surface area contributed by atoms with Gasteiger partial charge >= 0.3 is 392 Å². The van der Waals surface area contributed by atoms with Gasteiger partial charge in [-0.3, -0.25) is 0 Å². The van der Waals surface area contributed by atoms with Crippen LogP contribution in [0.15, 0.2) is 133 Å². The number of aryl methyl sites for hydroxylation is 2. The van der Waals surface area contributed by atoms with Crippen LogP contribution in [-0.4, -0.2) is 43.5 Å². The van der Waals surface area contributed by atoms with E-state index in [0.717, 1.165) is 54.7 Å². The van der Waals surface area contributed by atoms with Crippen LogP contribution in [0.2, 0.25) is 9.50 Å². The van der Waals surface area contributed by atoms with Gasteiger partial charge in [0, 0.05) is 0 Å². The summed E-state index contributed by atoms with van der Waals surface area (Å²) >= 11 is -3.43. The molecule has 0 saturated carbocycles. The monoisotopic (exact) mass is 1180 g/mol. The molecular formula is C74H84F2GeN2O4. The van der Waals surface area contributed by atoms with Gasteiger partial charge < -0.3 is 0 Å². The number of hydrogen-bond donors (Lipinski definition) is 2. The molecule has 8 aromatic carbocycles. The van der Waals surface area contributed by atoms with E-state index in [4.69, 9.17) is 9.47 Å². The second kappa shape index (κ2) is 21.2. The number of ether oxygens (including phenoxy) is 2. The van der Waals surface area contributed by atoms with Crippen molar-refractivity contribution >= 4 is 56.9 Å². The fourth-order valence-corrected chi connectivity index (χ4v) is 19.7. The number of benzene rings is 8. The number of rotatable bonds is 12. The quantitative estimate of drug-likeness (QED) is 0.120. The predicted molar refractivity (Wildman–Crippen MR) is 347 cm³/mol. The number of phenols is 2. The van der Waals surface area contributed by atoms with Crippen LogP contribution in [-0.2, 0) is 21.7 Å². The average Bonchev–Trinajstić information content (AvgIpc) is 4.08. The predicted octanol–water partition coefficient (Wildman–Crippen LogP) is 20.5. The van der Waals surface area contributed by atoms with E-state index in [1.54, 1.807) is 12.1 Å². The van der Waals surface area contributed by atoms with Gasteiger partial charge in [0.1, 0.15) is 0 Å². The summed E-state index contributed by atoms with van der Waals surface area (Å²) in [5.41, 5.74) is 13.9. The first-order valence-electron chi connectivity index (χ1n) is 29.5. The number of phenolic OH excluding ortho intramolecular Hbond substituents is 2. The summed E-state index contributed by atoms with van der Waals surface area (Å²) in [6.45, 7) is 39.6. The van der Waals surface area contributed by atoms with Crippen molar-refractivity contribution < 1.29 is 28.5 Å². The summed E-state index contributed by atoms with van der Waals surface area (Å²) < 4.78 is 50.3. The number of aromatic nitrogens is 2. The summed E-state index contributed by atoms with van der Waals surface area (Å²) in [7, 11) is 0. The van der Waals surface area contributed by atoms with Crippen molar-refractivity contribution in [1.82, 2.24) is 9.13 Å². The first-order chi connectivity index (χ1) is 38.8. The van der Waals surface area contributed by atoms with Crippen LogP contribution in [0.25, 0.3) is 77.2 Å². The average molecular weight is 1180 g/mol. The van der Waals surface area contributed by atoms with Crippen molar-refractivity contribution in [2.45, 2.75) is 156 Å². The maximum absolute atomic E-state index is 15.8. The Morgan fingerprint density at radius 1 is 0.398 bits per heavy atom. The summed E-state index contributed by atoms with van der Waals surface area (Å²) in [5, 5.41) is 29.8. The normalized spacial score (nSPS) is 13.0. The van der Waals surface area contributed by atoms with Crippen molar-refractivity contribution in [3.8, 4) is 56.6 Å². The maximum atomic E-state index is 15.8. The van der Waals surface area contributed by atoms with Crippen LogP contribution >= 0.6 is 0 Å². The molecule has 0 bridgehead atoms. The Balaban J connectivity index is 1.03. The Hall–Kier alpha value is -7.04. The van der Waals surface area contributed by atoms with Gasteiger partial charge in [-0.05, 0) is 21.7 Å². The molecule has 83 heavy (non-hydrogen) atoms. The van der Waals surface area contributed by atoms with Gasteiger partial charge in [0.2, 0.25) is 0 Å². The second-order valence-electron chi connectivity index (χ2n) is 28.4. The molecule has 432 valence electrons. The van der Waals surface area contributed by atoms with Crippen LogP contribution in [0.3, 0.4) is 0 Å². The van der Waals surface area contributed by atoms with Crippen molar-refractivity contribution in [3.05, 3.63) is 178 Å². The zero-order valence-corrected chi connectivity index (χ0v) is 54.2. The van der Waals surface area contributed by atoms with Crippen molar-refractivity contribution in [2.24, 2.45) is 0 Å². The van der Waals surface area contributed by atoms with Gasteiger partial charge in [-0.15, -0.1) is 0 Å². The Morgan fingerprint density at radius 3 is 0.952 bits per heavy atom. The minimum absolute atomic E-state index is 0.0161. The van der Waals surface area contributed by atoms with Crippen molar-refractivity contribution in [2.75, 3.05) is 10.9 Å². The standard InChI is InChI=1S/C74H84F2GeN2O4/c1-43(2)77(44(3)4,41-82-67-29-23-51(75)39-57(67)59-31-45(5)33-65(69(59)80)78-61-25-19-47(71(7,8)9)35-53(61)54-36-48(72(10,11)12)20-26-62(54)78)42-83-68-30-24-52(76)40-58(68)60-32-46(6)34-66(70(60)81)79-63-27-21-49(73(13,14)15)37-55(63)56-38-50(74(16,17)18)22-28-64(56)79/h19-40,43-44,80-81H,41-42H2,1-18H3. The third-order valence-electron chi connectivity index (χ3n) is 17.7. The number of nitrogens with zero attached hydrogens (tertiary/aromatic N) is 2. The molecule has 0 radical (unpaired) electrons. The molecule has 2 N–H and O–H groups in total. The molecule has 10 aromatic rings. The first-order valence-corrected chi connectivity index (χ1v) is 34.9.